The molecule has 1 amide bonds. The molecule has 0 saturated carbocycles. The molecule has 2 rings (SSSR count). The van der Waals surface area contributed by atoms with Crippen molar-refractivity contribution in [2.24, 2.45) is 0 Å². The topological polar surface area (TPSA) is 82.8 Å². The molecular formula is C13H16F2N2O4. The van der Waals surface area contributed by atoms with Crippen LogP contribution in [0, 0.1) is 0 Å². The van der Waals surface area contributed by atoms with E-state index in [2.05, 4.69) is 10.1 Å². The number of carbonyl (C=O) groups excluding carboxylic acids is 1. The third-order valence-corrected chi connectivity index (χ3v) is 2.71. The van der Waals surface area contributed by atoms with Gasteiger partial charge < -0.3 is 25.3 Å². The molecule has 21 heavy (non-hydrogen) atoms. The molecular weight excluding hydrogens is 286 g/mol. The molecule has 1 heterocycles. The molecule has 0 saturated heterocycles. The molecule has 0 aromatic heterocycles. The van der Waals surface area contributed by atoms with Gasteiger partial charge >= 0.3 is 0 Å². The number of fused-ring (bicyclic) bond motifs is 1. The van der Waals surface area contributed by atoms with Gasteiger partial charge in [-0.25, -0.2) is 8.78 Å². The predicted molar refractivity (Wildman–Crippen MR) is 71.9 cm³/mol. The molecule has 1 aromatic carbocycles. The van der Waals surface area contributed by atoms with Crippen LogP contribution in [0.25, 0.3) is 0 Å². The van der Waals surface area contributed by atoms with Gasteiger partial charge in [0.15, 0.2) is 11.5 Å². The van der Waals surface area contributed by atoms with E-state index in [0.717, 1.165) is 0 Å². The van der Waals surface area contributed by atoms with Crippen LogP contribution >= 0.6 is 0 Å². The molecule has 0 bridgehead atoms. The van der Waals surface area contributed by atoms with Crippen LogP contribution in [-0.4, -0.2) is 38.8 Å². The molecule has 0 spiro atoms. The average Bonchev–Trinajstić information content (AvgIpc) is 2.44. The highest BCUT2D eigenvalue weighted by Gasteiger charge is 2.16. The number of hydrogen-bond donors (Lipinski definition) is 2. The smallest absolute Gasteiger partial charge is 0.261 e. The third kappa shape index (κ3) is 4.45. The summed E-state index contributed by atoms with van der Waals surface area (Å²) < 4.78 is 39.1. The summed E-state index contributed by atoms with van der Waals surface area (Å²) in [5, 5.41) is 2.58. The van der Waals surface area contributed by atoms with Crippen molar-refractivity contribution < 1.29 is 27.8 Å². The lowest BCUT2D eigenvalue weighted by atomic mass is 10.2. The number of hydrogen-bond acceptors (Lipinski definition) is 5. The van der Waals surface area contributed by atoms with E-state index < -0.39 is 13.0 Å². The van der Waals surface area contributed by atoms with Crippen molar-refractivity contribution >= 4 is 17.3 Å². The van der Waals surface area contributed by atoms with Gasteiger partial charge in [0.2, 0.25) is 5.91 Å². The zero-order chi connectivity index (χ0) is 15.2. The number of nitrogen functional groups attached to an aromatic ring is 1. The number of ether oxygens (including phenoxy) is 3. The maximum atomic E-state index is 11.9. The minimum absolute atomic E-state index is 0.0411. The Morgan fingerprint density at radius 1 is 1.33 bits per heavy atom. The normalized spacial score (nSPS) is 13.3. The largest absolute Gasteiger partial charge is 0.486 e. The van der Waals surface area contributed by atoms with Gasteiger partial charge in [-0.15, -0.1) is 0 Å². The maximum absolute atomic E-state index is 11.9. The Kier molecular flexibility index (Phi) is 5.15. The van der Waals surface area contributed by atoms with Crippen LogP contribution in [0.1, 0.15) is 6.42 Å². The van der Waals surface area contributed by atoms with E-state index in [1.165, 1.54) is 0 Å². The Morgan fingerprint density at radius 2 is 2.00 bits per heavy atom. The zero-order valence-corrected chi connectivity index (χ0v) is 11.2. The fraction of sp³-hybridized carbons (Fsp3) is 0.462. The molecule has 0 unspecified atom stereocenters. The number of carbonyl (C=O) groups is 1. The van der Waals surface area contributed by atoms with E-state index in [-0.39, 0.29) is 18.9 Å². The summed E-state index contributed by atoms with van der Waals surface area (Å²) in [7, 11) is 0. The predicted octanol–water partition coefficient (Wildman–Crippen LogP) is 1.65. The summed E-state index contributed by atoms with van der Waals surface area (Å²) in [5.74, 6) is 0.643. The quantitative estimate of drug-likeness (QED) is 0.617. The summed E-state index contributed by atoms with van der Waals surface area (Å²) in [6, 6.07) is 3.14. The standard InChI is InChI=1S/C13H16F2N2O4/c14-12(15)7-19-2-1-13(18)17-9-6-11-10(5-8(9)16)20-3-4-21-11/h5-6,12H,1-4,7,16H2,(H,17,18). The van der Waals surface area contributed by atoms with E-state index in [1.807, 2.05) is 0 Å². The van der Waals surface area contributed by atoms with Crippen LogP contribution in [0.15, 0.2) is 12.1 Å². The first-order valence-corrected chi connectivity index (χ1v) is 6.41. The van der Waals surface area contributed by atoms with E-state index in [4.69, 9.17) is 15.2 Å². The second kappa shape index (κ2) is 7.07. The van der Waals surface area contributed by atoms with Crippen molar-refractivity contribution in [1.82, 2.24) is 0 Å². The minimum atomic E-state index is -2.54. The summed E-state index contributed by atoms with van der Waals surface area (Å²) in [5.41, 5.74) is 6.53. The van der Waals surface area contributed by atoms with Gasteiger partial charge in [-0.05, 0) is 0 Å². The van der Waals surface area contributed by atoms with Crippen LogP contribution in [0.4, 0.5) is 20.2 Å². The van der Waals surface area contributed by atoms with Gasteiger partial charge in [-0.1, -0.05) is 0 Å². The second-order valence-corrected chi connectivity index (χ2v) is 4.35. The maximum Gasteiger partial charge on any atom is 0.261 e. The molecule has 1 aliphatic heterocycles. The van der Waals surface area contributed by atoms with Crippen LogP contribution in [-0.2, 0) is 9.53 Å². The Morgan fingerprint density at radius 3 is 2.67 bits per heavy atom. The molecule has 3 N–H and O–H groups in total. The van der Waals surface area contributed by atoms with E-state index in [0.29, 0.717) is 36.1 Å². The van der Waals surface area contributed by atoms with E-state index >= 15 is 0 Å². The number of rotatable bonds is 6. The monoisotopic (exact) mass is 302 g/mol. The highest BCUT2D eigenvalue weighted by Crippen LogP contribution is 2.36. The number of anilines is 2. The summed E-state index contributed by atoms with van der Waals surface area (Å²) in [6.45, 7) is 0.103. The average molecular weight is 302 g/mol. The lowest BCUT2D eigenvalue weighted by molar-refractivity contribution is -0.117. The first kappa shape index (κ1) is 15.3. The van der Waals surface area contributed by atoms with Crippen LogP contribution in [0.2, 0.25) is 0 Å². The lowest BCUT2D eigenvalue weighted by Gasteiger charge is -2.20. The van der Waals surface area contributed by atoms with Crippen LogP contribution < -0.4 is 20.5 Å². The number of nitrogens with one attached hydrogen (secondary N) is 1. The molecule has 1 aliphatic rings. The first-order valence-electron chi connectivity index (χ1n) is 6.41. The summed E-state index contributed by atoms with van der Waals surface area (Å²) in [4.78, 5) is 11.7. The van der Waals surface area contributed by atoms with Crippen LogP contribution in [0.5, 0.6) is 11.5 Å². The first-order chi connectivity index (χ1) is 10.1. The van der Waals surface area contributed by atoms with Gasteiger partial charge in [0, 0.05) is 12.1 Å². The van der Waals surface area contributed by atoms with Gasteiger partial charge in [0.25, 0.3) is 6.43 Å². The summed E-state index contributed by atoms with van der Waals surface area (Å²) in [6.07, 6.45) is -2.58. The SMILES string of the molecule is Nc1cc2c(cc1NC(=O)CCOCC(F)F)OCCO2. The molecule has 0 aliphatic carbocycles. The van der Waals surface area contributed by atoms with Crippen molar-refractivity contribution in [1.29, 1.82) is 0 Å². The third-order valence-electron chi connectivity index (χ3n) is 2.71. The van der Waals surface area contributed by atoms with Crippen molar-refractivity contribution in [3.8, 4) is 11.5 Å². The Labute approximate surface area is 120 Å². The van der Waals surface area contributed by atoms with Crippen molar-refractivity contribution in [2.45, 2.75) is 12.8 Å². The van der Waals surface area contributed by atoms with Gasteiger partial charge in [-0.2, -0.15) is 0 Å². The Balaban J connectivity index is 1.88. The lowest BCUT2D eigenvalue weighted by Crippen LogP contribution is -2.18. The molecule has 116 valence electrons. The van der Waals surface area contributed by atoms with Gasteiger partial charge in [0.05, 0.1) is 24.4 Å². The molecule has 6 nitrogen and oxygen atoms in total. The van der Waals surface area contributed by atoms with E-state index in [1.54, 1.807) is 12.1 Å². The Hall–Kier alpha value is -2.09. The fourth-order valence-corrected chi connectivity index (χ4v) is 1.76. The van der Waals surface area contributed by atoms with Gasteiger partial charge in [-0.3, -0.25) is 4.79 Å². The zero-order valence-electron chi connectivity index (χ0n) is 11.2. The van der Waals surface area contributed by atoms with E-state index in [9.17, 15) is 13.6 Å². The Bertz CT molecular complexity index is 511. The number of nitrogens with two attached hydrogens (primary N) is 1. The highest BCUT2D eigenvalue weighted by atomic mass is 19.3. The van der Waals surface area contributed by atoms with Crippen LogP contribution in [0.3, 0.4) is 0 Å². The second-order valence-electron chi connectivity index (χ2n) is 4.35. The van der Waals surface area contributed by atoms with Crippen molar-refractivity contribution in [3.63, 3.8) is 0 Å². The fourth-order valence-electron chi connectivity index (χ4n) is 1.76. The summed E-state index contributed by atoms with van der Waals surface area (Å²) >= 11 is 0. The number of amides is 1. The molecule has 0 radical (unpaired) electrons. The van der Waals surface area contributed by atoms with Crippen molar-refractivity contribution in [2.75, 3.05) is 37.5 Å². The number of alkyl halides is 2. The minimum Gasteiger partial charge on any atom is -0.486 e. The molecule has 8 heteroatoms. The highest BCUT2D eigenvalue weighted by molar-refractivity contribution is 5.94. The number of benzene rings is 1. The van der Waals surface area contributed by atoms with Gasteiger partial charge in [0.1, 0.15) is 19.8 Å². The number of halogens is 2. The molecule has 0 fully saturated rings. The molecule has 0 atom stereocenters. The van der Waals surface area contributed by atoms with Crippen molar-refractivity contribution in [3.05, 3.63) is 12.1 Å². The molecule has 1 aromatic rings.